The minimum atomic E-state index is 0.618. The lowest BCUT2D eigenvalue weighted by atomic mass is 9.84. The average molecular weight is 338 g/mol. The fourth-order valence-corrected chi connectivity index (χ4v) is 4.22. The van der Waals surface area contributed by atoms with Crippen molar-refractivity contribution in [1.82, 2.24) is 4.90 Å². The molecule has 1 aromatic carbocycles. The number of fused-ring (bicyclic) bond motifs is 1. The fraction of sp³-hybridized carbons (Fsp3) is 0.625. The second-order valence-corrected chi connectivity index (χ2v) is 7.08. The van der Waals surface area contributed by atoms with Gasteiger partial charge in [-0.2, -0.15) is 0 Å². The highest BCUT2D eigenvalue weighted by atomic mass is 79.9. The van der Waals surface area contributed by atoms with Crippen LogP contribution in [0.15, 0.2) is 22.7 Å². The Hall–Kier alpha value is -0.580. The van der Waals surface area contributed by atoms with Gasteiger partial charge in [-0.15, -0.1) is 0 Å². The molecule has 2 aliphatic rings. The Kier molecular flexibility index (Phi) is 4.34. The molecular formula is C16H24BrN3. The molecule has 4 heteroatoms. The van der Waals surface area contributed by atoms with Gasteiger partial charge in [-0.3, -0.25) is 0 Å². The molecular weight excluding hydrogens is 314 g/mol. The monoisotopic (exact) mass is 337 g/mol. The zero-order chi connectivity index (χ0) is 14.1. The molecule has 2 saturated heterocycles. The quantitative estimate of drug-likeness (QED) is 0.900. The number of benzene rings is 1. The summed E-state index contributed by atoms with van der Waals surface area (Å²) in [6, 6.07) is 7.26. The van der Waals surface area contributed by atoms with E-state index in [-0.39, 0.29) is 0 Å². The highest BCUT2D eigenvalue weighted by Gasteiger charge is 2.34. The number of anilines is 1. The molecule has 1 aromatic rings. The predicted octanol–water partition coefficient (Wildman–Crippen LogP) is 2.83. The molecule has 0 aliphatic carbocycles. The van der Waals surface area contributed by atoms with Crippen molar-refractivity contribution < 1.29 is 0 Å². The number of hydrogen-bond acceptors (Lipinski definition) is 3. The summed E-state index contributed by atoms with van der Waals surface area (Å²) in [7, 11) is 2.29. The summed E-state index contributed by atoms with van der Waals surface area (Å²) in [6.45, 7) is 4.21. The van der Waals surface area contributed by atoms with Gasteiger partial charge in [0.15, 0.2) is 0 Å². The van der Waals surface area contributed by atoms with Crippen molar-refractivity contribution in [3.8, 4) is 0 Å². The van der Waals surface area contributed by atoms with Gasteiger partial charge in [0.25, 0.3) is 0 Å². The number of hydrogen-bond donors (Lipinski definition) is 1. The Bertz CT molecular complexity index is 477. The van der Waals surface area contributed by atoms with E-state index in [9.17, 15) is 0 Å². The normalized spacial score (nSPS) is 27.4. The van der Waals surface area contributed by atoms with E-state index in [1.165, 1.54) is 43.6 Å². The summed E-state index contributed by atoms with van der Waals surface area (Å²) in [5, 5.41) is 0. The molecule has 2 atom stereocenters. The standard InChI is InChI=1S/C16H24BrN3/c1-19-7-2-3-13-11-20(8-6-15(13)19)16-9-14(17)5-4-12(16)10-18/h4-5,9,13,15H,2-3,6-8,10-11,18H2,1H3. The van der Waals surface area contributed by atoms with Gasteiger partial charge in [0.05, 0.1) is 0 Å². The lowest BCUT2D eigenvalue weighted by Gasteiger charge is -2.47. The molecule has 20 heavy (non-hydrogen) atoms. The van der Waals surface area contributed by atoms with E-state index in [0.717, 1.165) is 23.0 Å². The third-order valence-corrected chi connectivity index (χ3v) is 5.45. The maximum atomic E-state index is 5.91. The Morgan fingerprint density at radius 2 is 2.15 bits per heavy atom. The van der Waals surface area contributed by atoms with Crippen molar-refractivity contribution in [3.63, 3.8) is 0 Å². The Balaban J connectivity index is 1.81. The van der Waals surface area contributed by atoms with E-state index in [4.69, 9.17) is 5.73 Å². The summed E-state index contributed by atoms with van der Waals surface area (Å²) in [4.78, 5) is 5.11. The molecule has 2 fully saturated rings. The second-order valence-electron chi connectivity index (χ2n) is 6.16. The van der Waals surface area contributed by atoms with Gasteiger partial charge in [-0.25, -0.2) is 0 Å². The first-order chi connectivity index (χ1) is 9.69. The zero-order valence-corrected chi connectivity index (χ0v) is 13.8. The first-order valence-electron chi connectivity index (χ1n) is 7.62. The van der Waals surface area contributed by atoms with Crippen LogP contribution < -0.4 is 10.6 Å². The molecule has 2 unspecified atom stereocenters. The maximum Gasteiger partial charge on any atom is 0.0423 e. The summed E-state index contributed by atoms with van der Waals surface area (Å²) in [6.07, 6.45) is 3.99. The number of likely N-dealkylation sites (tertiary alicyclic amines) is 1. The van der Waals surface area contributed by atoms with Crippen LogP contribution in [0.3, 0.4) is 0 Å². The maximum absolute atomic E-state index is 5.91. The van der Waals surface area contributed by atoms with Crippen LogP contribution in [0.4, 0.5) is 5.69 Å². The van der Waals surface area contributed by atoms with Crippen LogP contribution in [0.2, 0.25) is 0 Å². The van der Waals surface area contributed by atoms with Gasteiger partial charge in [-0.05, 0) is 56.5 Å². The molecule has 2 aliphatic heterocycles. The summed E-state index contributed by atoms with van der Waals surface area (Å²) >= 11 is 3.59. The Morgan fingerprint density at radius 1 is 1.30 bits per heavy atom. The van der Waals surface area contributed by atoms with Gasteiger partial charge < -0.3 is 15.5 Å². The van der Waals surface area contributed by atoms with Gasteiger partial charge in [0, 0.05) is 35.8 Å². The van der Waals surface area contributed by atoms with Crippen molar-refractivity contribution in [3.05, 3.63) is 28.2 Å². The average Bonchev–Trinajstić information content (AvgIpc) is 2.47. The minimum absolute atomic E-state index is 0.618. The molecule has 0 spiro atoms. The molecule has 3 nitrogen and oxygen atoms in total. The molecule has 3 rings (SSSR count). The molecule has 0 aromatic heterocycles. The highest BCUT2D eigenvalue weighted by molar-refractivity contribution is 9.10. The number of rotatable bonds is 2. The van der Waals surface area contributed by atoms with Crippen LogP contribution in [0, 0.1) is 5.92 Å². The van der Waals surface area contributed by atoms with E-state index >= 15 is 0 Å². The summed E-state index contributed by atoms with van der Waals surface area (Å²) in [5.74, 6) is 0.812. The van der Waals surface area contributed by atoms with Crippen LogP contribution in [0.25, 0.3) is 0 Å². The Labute approximate surface area is 130 Å². The predicted molar refractivity (Wildman–Crippen MR) is 88.0 cm³/mol. The minimum Gasteiger partial charge on any atom is -0.371 e. The SMILES string of the molecule is CN1CCCC2CN(c3cc(Br)ccc3CN)CCC21. The number of halogens is 1. The van der Waals surface area contributed by atoms with E-state index < -0.39 is 0 Å². The third-order valence-electron chi connectivity index (χ3n) is 4.95. The van der Waals surface area contributed by atoms with Gasteiger partial charge in [0.1, 0.15) is 0 Å². The van der Waals surface area contributed by atoms with Crippen molar-refractivity contribution in [2.24, 2.45) is 11.7 Å². The number of nitrogens with two attached hydrogens (primary N) is 1. The number of nitrogens with zero attached hydrogens (tertiary/aromatic N) is 2. The molecule has 2 heterocycles. The summed E-state index contributed by atoms with van der Waals surface area (Å²) in [5.41, 5.74) is 8.50. The van der Waals surface area contributed by atoms with Gasteiger partial charge in [-0.1, -0.05) is 22.0 Å². The van der Waals surface area contributed by atoms with Crippen LogP contribution >= 0.6 is 15.9 Å². The van der Waals surface area contributed by atoms with Gasteiger partial charge in [0.2, 0.25) is 0 Å². The zero-order valence-electron chi connectivity index (χ0n) is 12.2. The smallest absolute Gasteiger partial charge is 0.0423 e. The lowest BCUT2D eigenvalue weighted by Crippen LogP contribution is -2.52. The molecule has 110 valence electrons. The molecule has 0 saturated carbocycles. The first-order valence-corrected chi connectivity index (χ1v) is 8.42. The third kappa shape index (κ3) is 2.74. The van der Waals surface area contributed by atoms with E-state index in [2.05, 4.69) is 51.0 Å². The number of piperidine rings is 2. The van der Waals surface area contributed by atoms with Gasteiger partial charge >= 0.3 is 0 Å². The summed E-state index contributed by atoms with van der Waals surface area (Å²) < 4.78 is 1.15. The lowest BCUT2D eigenvalue weighted by molar-refractivity contribution is 0.102. The van der Waals surface area contributed by atoms with Crippen molar-refractivity contribution >= 4 is 21.6 Å². The molecule has 0 bridgehead atoms. The van der Waals surface area contributed by atoms with Crippen LogP contribution in [-0.4, -0.2) is 37.6 Å². The molecule has 0 amide bonds. The molecule has 0 radical (unpaired) electrons. The molecule has 2 N–H and O–H groups in total. The van der Waals surface area contributed by atoms with Crippen LogP contribution in [0.5, 0.6) is 0 Å². The van der Waals surface area contributed by atoms with E-state index in [0.29, 0.717) is 6.54 Å². The highest BCUT2D eigenvalue weighted by Crippen LogP contribution is 2.34. The van der Waals surface area contributed by atoms with Crippen molar-refractivity contribution in [1.29, 1.82) is 0 Å². The van der Waals surface area contributed by atoms with Crippen LogP contribution in [-0.2, 0) is 6.54 Å². The second kappa shape index (κ2) is 6.04. The van der Waals surface area contributed by atoms with E-state index in [1.54, 1.807) is 0 Å². The largest absolute Gasteiger partial charge is 0.371 e. The topological polar surface area (TPSA) is 32.5 Å². The van der Waals surface area contributed by atoms with Crippen LogP contribution in [0.1, 0.15) is 24.8 Å². The fourth-order valence-electron chi connectivity index (χ4n) is 3.88. The van der Waals surface area contributed by atoms with Crippen molar-refractivity contribution in [2.45, 2.75) is 31.8 Å². The van der Waals surface area contributed by atoms with Crippen molar-refractivity contribution in [2.75, 3.05) is 31.6 Å². The van der Waals surface area contributed by atoms with E-state index in [1.807, 2.05) is 0 Å². The first kappa shape index (κ1) is 14.4. The Morgan fingerprint density at radius 3 is 2.95 bits per heavy atom.